The summed E-state index contributed by atoms with van der Waals surface area (Å²) in [5.41, 5.74) is 3.71. The van der Waals surface area contributed by atoms with Crippen LogP contribution in [0, 0.1) is 6.92 Å². The van der Waals surface area contributed by atoms with Crippen molar-refractivity contribution in [1.82, 2.24) is 4.98 Å². The van der Waals surface area contributed by atoms with Crippen LogP contribution in [0.15, 0.2) is 59.2 Å². The van der Waals surface area contributed by atoms with E-state index in [9.17, 15) is 0 Å². The van der Waals surface area contributed by atoms with Crippen LogP contribution in [0.1, 0.15) is 16.8 Å². The van der Waals surface area contributed by atoms with Gasteiger partial charge in [-0.15, -0.1) is 0 Å². The molecular weight excluding hydrogens is 298 g/mol. The molecule has 0 spiro atoms. The van der Waals surface area contributed by atoms with Crippen molar-refractivity contribution < 1.29 is 0 Å². The second-order valence-corrected chi connectivity index (χ2v) is 5.61. The van der Waals surface area contributed by atoms with Crippen LogP contribution in [0.5, 0.6) is 0 Å². The van der Waals surface area contributed by atoms with Gasteiger partial charge in [-0.25, -0.2) is 0 Å². The molecule has 0 aliphatic carbocycles. The second kappa shape index (κ2) is 5.14. The summed E-state index contributed by atoms with van der Waals surface area (Å²) in [6, 6.07) is 17.0. The third kappa shape index (κ3) is 2.54. The Morgan fingerprint density at radius 1 is 0.947 bits per heavy atom. The van der Waals surface area contributed by atoms with Gasteiger partial charge in [0, 0.05) is 22.5 Å². The topological polar surface area (TPSA) is 12.9 Å². The minimum absolute atomic E-state index is 0.869. The van der Waals surface area contributed by atoms with E-state index in [0.717, 1.165) is 16.6 Å². The number of rotatable bonds is 2. The highest BCUT2D eigenvalue weighted by molar-refractivity contribution is 9.10. The number of nitrogens with zero attached hydrogens (tertiary/aromatic N) is 1. The summed E-state index contributed by atoms with van der Waals surface area (Å²) in [5.74, 6) is 0. The van der Waals surface area contributed by atoms with Gasteiger partial charge in [0.05, 0.1) is 5.69 Å². The molecule has 0 amide bonds. The average Bonchev–Trinajstić information content (AvgIpc) is 2.43. The van der Waals surface area contributed by atoms with E-state index in [1.54, 1.807) is 0 Å². The second-order valence-electron chi connectivity index (χ2n) is 4.75. The predicted molar refractivity (Wildman–Crippen MR) is 83.4 cm³/mol. The van der Waals surface area contributed by atoms with Crippen LogP contribution in [-0.4, -0.2) is 4.98 Å². The molecule has 0 fully saturated rings. The van der Waals surface area contributed by atoms with E-state index >= 15 is 0 Å². The van der Waals surface area contributed by atoms with Crippen molar-refractivity contribution in [2.75, 3.05) is 0 Å². The Hall–Kier alpha value is -1.67. The van der Waals surface area contributed by atoms with Gasteiger partial charge >= 0.3 is 0 Å². The van der Waals surface area contributed by atoms with Crippen LogP contribution in [0.4, 0.5) is 0 Å². The summed E-state index contributed by atoms with van der Waals surface area (Å²) < 4.78 is 1.12. The highest BCUT2D eigenvalue weighted by Gasteiger charge is 2.05. The highest BCUT2D eigenvalue weighted by Crippen LogP contribution is 2.26. The fraction of sp³-hybridized carbons (Fsp3) is 0.118. The number of hydrogen-bond donors (Lipinski definition) is 0. The quantitative estimate of drug-likeness (QED) is 0.656. The Balaban J connectivity index is 2.06. The highest BCUT2D eigenvalue weighted by atomic mass is 79.9. The minimum atomic E-state index is 0.869. The molecule has 3 rings (SSSR count). The maximum absolute atomic E-state index is 4.54. The molecule has 0 unspecified atom stereocenters. The lowest BCUT2D eigenvalue weighted by Crippen LogP contribution is -1.94. The van der Waals surface area contributed by atoms with Gasteiger partial charge in [-0.05, 0) is 30.0 Å². The lowest BCUT2D eigenvalue weighted by atomic mass is 10.0. The Bertz CT molecular complexity index is 717. The molecule has 1 nitrogen and oxygen atoms in total. The summed E-state index contributed by atoms with van der Waals surface area (Å²) in [4.78, 5) is 4.54. The first kappa shape index (κ1) is 12.4. The normalized spacial score (nSPS) is 10.8. The lowest BCUT2D eigenvalue weighted by Gasteiger charge is -2.07. The molecular formula is C17H14BrN. The number of hydrogen-bond acceptors (Lipinski definition) is 1. The van der Waals surface area contributed by atoms with Crippen LogP contribution in [0.2, 0.25) is 0 Å². The molecule has 0 saturated carbocycles. The molecule has 0 radical (unpaired) electrons. The number of aromatic nitrogens is 1. The third-order valence-corrected chi connectivity index (χ3v) is 4.02. The molecule has 2 aromatic carbocycles. The van der Waals surface area contributed by atoms with Gasteiger partial charge in [-0.3, -0.25) is 4.98 Å². The van der Waals surface area contributed by atoms with Gasteiger partial charge in [0.2, 0.25) is 0 Å². The molecule has 0 atom stereocenters. The Morgan fingerprint density at radius 3 is 2.53 bits per heavy atom. The largest absolute Gasteiger partial charge is 0.260 e. The zero-order chi connectivity index (χ0) is 13.2. The molecule has 0 aliphatic heterocycles. The number of aryl methyl sites for hydroxylation is 1. The average molecular weight is 312 g/mol. The van der Waals surface area contributed by atoms with E-state index in [4.69, 9.17) is 0 Å². The van der Waals surface area contributed by atoms with Gasteiger partial charge in [0.15, 0.2) is 0 Å². The van der Waals surface area contributed by atoms with E-state index in [2.05, 4.69) is 76.4 Å². The molecule has 0 N–H and O–H groups in total. The van der Waals surface area contributed by atoms with Crippen molar-refractivity contribution in [3.8, 4) is 0 Å². The minimum Gasteiger partial charge on any atom is -0.260 e. The predicted octanol–water partition coefficient (Wildman–Crippen LogP) is 4.90. The zero-order valence-corrected chi connectivity index (χ0v) is 12.3. The molecule has 1 heterocycles. The number of fused-ring (bicyclic) bond motifs is 1. The molecule has 0 saturated heterocycles. The van der Waals surface area contributed by atoms with Crippen molar-refractivity contribution in [2.24, 2.45) is 0 Å². The van der Waals surface area contributed by atoms with Gasteiger partial charge < -0.3 is 0 Å². The Labute approximate surface area is 121 Å². The SMILES string of the molecule is Cc1ccc(Cc2nccc3c(Br)cccc23)cc1. The van der Waals surface area contributed by atoms with Gasteiger partial charge in [-0.2, -0.15) is 0 Å². The molecule has 1 aromatic heterocycles. The fourth-order valence-electron chi connectivity index (χ4n) is 2.27. The molecule has 0 bridgehead atoms. The summed E-state index contributed by atoms with van der Waals surface area (Å²) in [6.07, 6.45) is 2.75. The van der Waals surface area contributed by atoms with Crippen LogP contribution in [0.3, 0.4) is 0 Å². The molecule has 3 aromatic rings. The Morgan fingerprint density at radius 2 is 1.74 bits per heavy atom. The summed E-state index contributed by atoms with van der Waals surface area (Å²) in [5, 5.41) is 2.44. The van der Waals surface area contributed by atoms with Crippen molar-refractivity contribution in [2.45, 2.75) is 13.3 Å². The molecule has 0 aliphatic rings. The first-order valence-corrected chi connectivity index (χ1v) is 7.11. The third-order valence-electron chi connectivity index (χ3n) is 3.33. The van der Waals surface area contributed by atoms with Gasteiger partial charge in [0.1, 0.15) is 0 Å². The number of benzene rings is 2. The molecule has 94 valence electrons. The van der Waals surface area contributed by atoms with Crippen molar-refractivity contribution in [1.29, 1.82) is 0 Å². The zero-order valence-electron chi connectivity index (χ0n) is 10.7. The standard InChI is InChI=1S/C17H14BrN/c1-12-5-7-13(8-6-12)11-17-15-3-2-4-16(18)14(15)9-10-19-17/h2-10H,11H2,1H3. The van der Waals surface area contributed by atoms with E-state index in [0.29, 0.717) is 0 Å². The fourth-order valence-corrected chi connectivity index (χ4v) is 2.77. The van der Waals surface area contributed by atoms with Gasteiger partial charge in [0.25, 0.3) is 0 Å². The van der Waals surface area contributed by atoms with E-state index in [-0.39, 0.29) is 0 Å². The van der Waals surface area contributed by atoms with Crippen LogP contribution >= 0.6 is 15.9 Å². The summed E-state index contributed by atoms with van der Waals surface area (Å²) >= 11 is 3.60. The van der Waals surface area contributed by atoms with Crippen LogP contribution in [-0.2, 0) is 6.42 Å². The van der Waals surface area contributed by atoms with Crippen molar-refractivity contribution >= 4 is 26.7 Å². The maximum Gasteiger partial charge on any atom is 0.0526 e. The van der Waals surface area contributed by atoms with Crippen molar-refractivity contribution in [3.63, 3.8) is 0 Å². The molecule has 2 heteroatoms. The van der Waals surface area contributed by atoms with Crippen LogP contribution in [0.25, 0.3) is 10.8 Å². The maximum atomic E-state index is 4.54. The monoisotopic (exact) mass is 311 g/mol. The van der Waals surface area contributed by atoms with Gasteiger partial charge in [-0.1, -0.05) is 57.9 Å². The number of pyridine rings is 1. The summed E-state index contributed by atoms with van der Waals surface area (Å²) in [7, 11) is 0. The first-order valence-electron chi connectivity index (χ1n) is 6.32. The first-order chi connectivity index (χ1) is 9.24. The summed E-state index contributed by atoms with van der Waals surface area (Å²) in [6.45, 7) is 2.11. The smallest absolute Gasteiger partial charge is 0.0526 e. The van der Waals surface area contributed by atoms with E-state index in [1.807, 2.05) is 6.20 Å². The molecule has 19 heavy (non-hydrogen) atoms. The van der Waals surface area contributed by atoms with E-state index < -0.39 is 0 Å². The lowest BCUT2D eigenvalue weighted by molar-refractivity contribution is 1.10. The number of halogens is 1. The van der Waals surface area contributed by atoms with Crippen molar-refractivity contribution in [3.05, 3.63) is 76.0 Å². The van der Waals surface area contributed by atoms with E-state index in [1.165, 1.54) is 21.9 Å². The van der Waals surface area contributed by atoms with Crippen LogP contribution < -0.4 is 0 Å². The Kier molecular flexibility index (Phi) is 3.34.